The van der Waals surface area contributed by atoms with Gasteiger partial charge in [0.2, 0.25) is 0 Å². The maximum Gasteiger partial charge on any atom is 0.0599 e. The number of pyridine rings is 1. The lowest BCUT2D eigenvalue weighted by Gasteiger charge is -2.37. The smallest absolute Gasteiger partial charge is 0.0599 e. The van der Waals surface area contributed by atoms with Crippen molar-refractivity contribution in [3.8, 4) is 0 Å². The fourth-order valence-corrected chi connectivity index (χ4v) is 2.59. The maximum atomic E-state index is 4.29. The normalized spacial score (nSPS) is 16.9. The van der Waals surface area contributed by atoms with E-state index < -0.39 is 0 Å². The van der Waals surface area contributed by atoms with Gasteiger partial charge in [-0.2, -0.15) is 0 Å². The van der Waals surface area contributed by atoms with Crippen molar-refractivity contribution >= 4 is 5.69 Å². The molecule has 5 heteroatoms. The molecule has 0 atom stereocenters. The van der Waals surface area contributed by atoms with Crippen molar-refractivity contribution in [1.82, 2.24) is 20.1 Å². The summed E-state index contributed by atoms with van der Waals surface area (Å²) in [5.74, 6) is 0. The molecule has 20 heavy (non-hydrogen) atoms. The van der Waals surface area contributed by atoms with E-state index in [2.05, 4.69) is 45.2 Å². The second-order valence-electron chi connectivity index (χ2n) is 5.67. The lowest BCUT2D eigenvalue weighted by atomic mass is 10.2. The minimum Gasteiger partial charge on any atom is -0.367 e. The van der Waals surface area contributed by atoms with Crippen LogP contribution in [0.15, 0.2) is 18.5 Å². The Morgan fingerprint density at radius 1 is 1.25 bits per heavy atom. The van der Waals surface area contributed by atoms with Crippen LogP contribution in [0.4, 0.5) is 5.69 Å². The van der Waals surface area contributed by atoms with Crippen molar-refractivity contribution in [2.45, 2.75) is 6.54 Å². The second-order valence-corrected chi connectivity index (χ2v) is 5.67. The van der Waals surface area contributed by atoms with Crippen LogP contribution in [0, 0.1) is 0 Å². The SMILES string of the molecule is CNCc1ccncc1N1CCN(CCN(C)C)CC1. The Bertz CT molecular complexity index is 399. The molecule has 2 heterocycles. The number of anilines is 1. The zero-order valence-electron chi connectivity index (χ0n) is 13.0. The highest BCUT2D eigenvalue weighted by molar-refractivity contribution is 5.52. The Hall–Kier alpha value is -1.17. The molecular weight excluding hydrogens is 250 g/mol. The summed E-state index contributed by atoms with van der Waals surface area (Å²) in [6, 6.07) is 2.12. The third-order valence-electron chi connectivity index (χ3n) is 3.83. The first-order chi connectivity index (χ1) is 9.70. The predicted octanol–water partition coefficient (Wildman–Crippen LogP) is 0.485. The van der Waals surface area contributed by atoms with E-state index >= 15 is 0 Å². The number of aromatic nitrogens is 1. The van der Waals surface area contributed by atoms with Gasteiger partial charge in [0.1, 0.15) is 0 Å². The lowest BCUT2D eigenvalue weighted by Crippen LogP contribution is -2.48. The lowest BCUT2D eigenvalue weighted by molar-refractivity contribution is 0.229. The molecule has 0 unspecified atom stereocenters. The van der Waals surface area contributed by atoms with Crippen molar-refractivity contribution in [2.75, 3.05) is 65.3 Å². The predicted molar refractivity (Wildman–Crippen MR) is 84.2 cm³/mol. The first-order valence-corrected chi connectivity index (χ1v) is 7.40. The number of likely N-dealkylation sites (N-methyl/N-ethyl adjacent to an activating group) is 1. The highest BCUT2D eigenvalue weighted by Gasteiger charge is 2.18. The second kappa shape index (κ2) is 7.57. The Balaban J connectivity index is 1.90. The van der Waals surface area contributed by atoms with Crippen LogP contribution in [0.5, 0.6) is 0 Å². The van der Waals surface area contributed by atoms with Crippen LogP contribution in [0.25, 0.3) is 0 Å². The molecule has 1 aromatic heterocycles. The number of hydrogen-bond donors (Lipinski definition) is 1. The molecule has 0 aromatic carbocycles. The van der Waals surface area contributed by atoms with Crippen molar-refractivity contribution in [3.63, 3.8) is 0 Å². The molecule has 0 aliphatic carbocycles. The van der Waals surface area contributed by atoms with Crippen molar-refractivity contribution in [2.24, 2.45) is 0 Å². The maximum absolute atomic E-state index is 4.29. The summed E-state index contributed by atoms with van der Waals surface area (Å²) in [4.78, 5) is 11.6. The molecule has 112 valence electrons. The molecule has 1 aromatic rings. The van der Waals surface area contributed by atoms with Gasteiger partial charge in [0.15, 0.2) is 0 Å². The van der Waals surface area contributed by atoms with Crippen LogP contribution >= 0.6 is 0 Å². The van der Waals surface area contributed by atoms with E-state index in [1.54, 1.807) is 0 Å². The summed E-state index contributed by atoms with van der Waals surface area (Å²) in [6.45, 7) is 7.67. The molecule has 1 N–H and O–H groups in total. The molecule has 0 bridgehead atoms. The van der Waals surface area contributed by atoms with Crippen LogP contribution in [-0.2, 0) is 6.54 Å². The minimum atomic E-state index is 0.901. The third kappa shape index (κ3) is 4.16. The third-order valence-corrected chi connectivity index (χ3v) is 3.83. The number of hydrogen-bond acceptors (Lipinski definition) is 5. The van der Waals surface area contributed by atoms with Crippen LogP contribution < -0.4 is 10.2 Å². The molecule has 1 fully saturated rings. The van der Waals surface area contributed by atoms with Gasteiger partial charge in [-0.25, -0.2) is 0 Å². The quantitative estimate of drug-likeness (QED) is 0.818. The zero-order chi connectivity index (χ0) is 14.4. The summed E-state index contributed by atoms with van der Waals surface area (Å²) >= 11 is 0. The van der Waals surface area contributed by atoms with E-state index in [0.29, 0.717) is 0 Å². The Kier molecular flexibility index (Phi) is 5.76. The largest absolute Gasteiger partial charge is 0.367 e. The van der Waals surface area contributed by atoms with E-state index in [-0.39, 0.29) is 0 Å². The van der Waals surface area contributed by atoms with E-state index in [1.165, 1.54) is 11.3 Å². The molecule has 0 spiro atoms. The van der Waals surface area contributed by atoms with Gasteiger partial charge in [-0.15, -0.1) is 0 Å². The molecule has 1 aliphatic heterocycles. The average Bonchev–Trinajstić information content (AvgIpc) is 2.47. The number of piperazine rings is 1. The summed E-state index contributed by atoms with van der Waals surface area (Å²) in [6.07, 6.45) is 3.88. The van der Waals surface area contributed by atoms with Gasteiger partial charge in [-0.05, 0) is 32.8 Å². The summed E-state index contributed by atoms with van der Waals surface area (Å²) < 4.78 is 0. The van der Waals surface area contributed by atoms with Gasteiger partial charge in [0.05, 0.1) is 11.9 Å². The Morgan fingerprint density at radius 2 is 2.00 bits per heavy atom. The van der Waals surface area contributed by atoms with E-state index in [0.717, 1.165) is 45.8 Å². The molecule has 0 amide bonds. The van der Waals surface area contributed by atoms with Gasteiger partial charge in [-0.1, -0.05) is 0 Å². The van der Waals surface area contributed by atoms with Crippen molar-refractivity contribution < 1.29 is 0 Å². The van der Waals surface area contributed by atoms with Gasteiger partial charge in [-0.3, -0.25) is 9.88 Å². The van der Waals surface area contributed by atoms with Crippen molar-refractivity contribution in [1.29, 1.82) is 0 Å². The minimum absolute atomic E-state index is 0.901. The molecule has 1 aliphatic rings. The van der Waals surface area contributed by atoms with Crippen LogP contribution in [-0.4, -0.2) is 75.2 Å². The monoisotopic (exact) mass is 277 g/mol. The van der Waals surface area contributed by atoms with Gasteiger partial charge >= 0.3 is 0 Å². The van der Waals surface area contributed by atoms with Gasteiger partial charge < -0.3 is 15.1 Å². The summed E-state index contributed by atoms with van der Waals surface area (Å²) in [5.41, 5.74) is 2.62. The van der Waals surface area contributed by atoms with E-state index in [9.17, 15) is 0 Å². The molecule has 1 saturated heterocycles. The van der Waals surface area contributed by atoms with Crippen LogP contribution in [0.3, 0.4) is 0 Å². The first-order valence-electron chi connectivity index (χ1n) is 7.40. The summed E-state index contributed by atoms with van der Waals surface area (Å²) in [5, 5.41) is 3.23. The first kappa shape index (κ1) is 15.2. The number of rotatable bonds is 6. The van der Waals surface area contributed by atoms with Gasteiger partial charge in [0.25, 0.3) is 0 Å². The van der Waals surface area contributed by atoms with Crippen molar-refractivity contribution in [3.05, 3.63) is 24.0 Å². The fourth-order valence-electron chi connectivity index (χ4n) is 2.59. The Morgan fingerprint density at radius 3 is 2.65 bits per heavy atom. The molecule has 0 radical (unpaired) electrons. The number of nitrogens with zero attached hydrogens (tertiary/aromatic N) is 4. The standard InChI is InChI=1S/C15H27N5/c1-16-12-14-4-5-17-13-15(14)20-10-8-19(9-11-20)7-6-18(2)3/h4-5,13,16H,6-12H2,1-3H3. The highest BCUT2D eigenvalue weighted by Crippen LogP contribution is 2.20. The molecule has 2 rings (SSSR count). The highest BCUT2D eigenvalue weighted by atomic mass is 15.3. The van der Waals surface area contributed by atoms with Crippen LogP contribution in [0.1, 0.15) is 5.56 Å². The molecular formula is C15H27N5. The van der Waals surface area contributed by atoms with E-state index in [1.807, 2.05) is 19.4 Å². The van der Waals surface area contributed by atoms with Gasteiger partial charge in [0, 0.05) is 52.0 Å². The number of nitrogens with one attached hydrogen (secondary N) is 1. The topological polar surface area (TPSA) is 34.6 Å². The zero-order valence-corrected chi connectivity index (χ0v) is 13.0. The molecule has 5 nitrogen and oxygen atoms in total. The summed E-state index contributed by atoms with van der Waals surface area (Å²) in [7, 11) is 6.26. The Labute approximate surface area is 122 Å². The molecule has 0 saturated carbocycles. The van der Waals surface area contributed by atoms with Crippen LogP contribution in [0.2, 0.25) is 0 Å². The van der Waals surface area contributed by atoms with E-state index in [4.69, 9.17) is 0 Å². The average molecular weight is 277 g/mol. The fraction of sp³-hybridized carbons (Fsp3) is 0.667.